The zero-order valence-corrected chi connectivity index (χ0v) is 12.6. The van der Waals surface area contributed by atoms with Gasteiger partial charge >= 0.3 is 0 Å². The first-order chi connectivity index (χ1) is 9.56. The molecule has 0 fully saturated rings. The van der Waals surface area contributed by atoms with Crippen molar-refractivity contribution in [2.75, 3.05) is 5.32 Å². The van der Waals surface area contributed by atoms with Gasteiger partial charge < -0.3 is 10.4 Å². The van der Waals surface area contributed by atoms with Crippen molar-refractivity contribution in [3.63, 3.8) is 0 Å². The second-order valence-corrected chi connectivity index (χ2v) is 5.98. The lowest BCUT2D eigenvalue weighted by molar-refractivity contribution is 0.469. The van der Waals surface area contributed by atoms with E-state index in [2.05, 4.69) is 5.32 Å². The van der Waals surface area contributed by atoms with Crippen LogP contribution in [0.1, 0.15) is 29.2 Å². The van der Waals surface area contributed by atoms with E-state index in [0.717, 1.165) is 35.2 Å². The van der Waals surface area contributed by atoms with E-state index < -0.39 is 0 Å². The lowest BCUT2D eigenvalue weighted by Crippen LogP contribution is -2.07. The highest BCUT2D eigenvalue weighted by molar-refractivity contribution is 6.35. The normalized spacial score (nSPS) is 17.1. The highest BCUT2D eigenvalue weighted by Gasteiger charge is 2.25. The van der Waals surface area contributed by atoms with E-state index in [1.807, 2.05) is 31.2 Å². The number of hydrogen-bond acceptors (Lipinski definition) is 2. The molecule has 2 aromatic rings. The smallest absolute Gasteiger partial charge is 0.119 e. The molecule has 0 heterocycles. The van der Waals surface area contributed by atoms with Gasteiger partial charge in [0, 0.05) is 5.02 Å². The summed E-state index contributed by atoms with van der Waals surface area (Å²) in [5.74, 6) is 0.375. The van der Waals surface area contributed by atoms with Crippen molar-refractivity contribution in [3.8, 4) is 5.75 Å². The fourth-order valence-electron chi connectivity index (χ4n) is 2.73. The Hall–Kier alpha value is -1.38. The predicted octanol–water partition coefficient (Wildman–Crippen LogP) is 5.11. The number of phenolic OH excluding ortho intramolecular Hbond substituents is 1. The molecule has 0 saturated carbocycles. The van der Waals surface area contributed by atoms with E-state index in [1.165, 1.54) is 0 Å². The summed E-state index contributed by atoms with van der Waals surface area (Å²) in [7, 11) is 0. The first-order valence-electron chi connectivity index (χ1n) is 6.59. The Balaban J connectivity index is 1.91. The summed E-state index contributed by atoms with van der Waals surface area (Å²) >= 11 is 12.4. The SMILES string of the molecule is Cc1cc(Cl)c(NC2CCc3c(O)cccc32)cc1Cl. The van der Waals surface area contributed by atoms with Gasteiger partial charge in [0.25, 0.3) is 0 Å². The van der Waals surface area contributed by atoms with Crippen LogP contribution < -0.4 is 5.32 Å². The minimum atomic E-state index is 0.161. The van der Waals surface area contributed by atoms with Crippen LogP contribution >= 0.6 is 23.2 Å². The molecule has 3 rings (SSSR count). The first-order valence-corrected chi connectivity index (χ1v) is 7.35. The molecule has 1 aliphatic carbocycles. The quantitative estimate of drug-likeness (QED) is 0.808. The zero-order chi connectivity index (χ0) is 14.3. The van der Waals surface area contributed by atoms with Gasteiger partial charge in [0.2, 0.25) is 0 Å². The second kappa shape index (κ2) is 5.19. The molecule has 0 aliphatic heterocycles. The molecule has 0 amide bonds. The number of phenols is 1. The van der Waals surface area contributed by atoms with E-state index in [-0.39, 0.29) is 6.04 Å². The van der Waals surface area contributed by atoms with Gasteiger partial charge in [-0.1, -0.05) is 35.3 Å². The zero-order valence-electron chi connectivity index (χ0n) is 11.1. The van der Waals surface area contributed by atoms with Gasteiger partial charge in [0.15, 0.2) is 0 Å². The monoisotopic (exact) mass is 307 g/mol. The van der Waals surface area contributed by atoms with Gasteiger partial charge in [-0.3, -0.25) is 0 Å². The summed E-state index contributed by atoms with van der Waals surface area (Å²) in [6, 6.07) is 9.54. The molecule has 0 aromatic heterocycles. The molecule has 1 atom stereocenters. The third-order valence-electron chi connectivity index (χ3n) is 3.82. The number of anilines is 1. The van der Waals surface area contributed by atoms with Gasteiger partial charge in [0.05, 0.1) is 16.8 Å². The van der Waals surface area contributed by atoms with Gasteiger partial charge in [-0.05, 0) is 54.7 Å². The molecule has 0 spiro atoms. The highest BCUT2D eigenvalue weighted by Crippen LogP contribution is 2.40. The van der Waals surface area contributed by atoms with Crippen LogP contribution in [-0.4, -0.2) is 5.11 Å². The molecular weight excluding hydrogens is 293 g/mol. The molecule has 0 bridgehead atoms. The number of aromatic hydroxyl groups is 1. The fourth-order valence-corrected chi connectivity index (χ4v) is 3.17. The molecule has 4 heteroatoms. The summed E-state index contributed by atoms with van der Waals surface area (Å²) in [6.45, 7) is 1.93. The third-order valence-corrected chi connectivity index (χ3v) is 4.54. The summed E-state index contributed by atoms with van der Waals surface area (Å²) in [5.41, 5.74) is 3.97. The summed E-state index contributed by atoms with van der Waals surface area (Å²) in [4.78, 5) is 0. The van der Waals surface area contributed by atoms with Crippen molar-refractivity contribution in [2.45, 2.75) is 25.8 Å². The Morgan fingerprint density at radius 3 is 2.80 bits per heavy atom. The molecule has 1 aliphatic rings. The van der Waals surface area contributed by atoms with Crippen molar-refractivity contribution in [1.29, 1.82) is 0 Å². The van der Waals surface area contributed by atoms with E-state index in [9.17, 15) is 5.11 Å². The predicted molar refractivity (Wildman–Crippen MR) is 84.0 cm³/mol. The van der Waals surface area contributed by atoms with Gasteiger partial charge in [-0.2, -0.15) is 0 Å². The largest absolute Gasteiger partial charge is 0.508 e. The van der Waals surface area contributed by atoms with Gasteiger partial charge in [0.1, 0.15) is 5.75 Å². The molecule has 0 saturated heterocycles. The Morgan fingerprint density at radius 2 is 2.00 bits per heavy atom. The van der Waals surface area contributed by atoms with Crippen LogP contribution in [0.5, 0.6) is 5.75 Å². The van der Waals surface area contributed by atoms with Crippen LogP contribution in [-0.2, 0) is 6.42 Å². The van der Waals surface area contributed by atoms with Crippen LogP contribution in [0, 0.1) is 6.92 Å². The molecule has 1 unspecified atom stereocenters. The number of fused-ring (bicyclic) bond motifs is 1. The maximum Gasteiger partial charge on any atom is 0.119 e. The summed E-state index contributed by atoms with van der Waals surface area (Å²) in [5, 5.41) is 14.7. The molecule has 2 aromatic carbocycles. The Labute approximate surface area is 128 Å². The van der Waals surface area contributed by atoms with Crippen molar-refractivity contribution in [1.82, 2.24) is 0 Å². The Bertz CT molecular complexity index is 670. The van der Waals surface area contributed by atoms with E-state index in [0.29, 0.717) is 15.8 Å². The minimum absolute atomic E-state index is 0.161. The fraction of sp³-hybridized carbons (Fsp3) is 0.250. The molecule has 2 N–H and O–H groups in total. The molecular formula is C16H15Cl2NO. The molecule has 20 heavy (non-hydrogen) atoms. The standard InChI is InChI=1S/C16H15Cl2NO/c1-9-7-13(18)15(8-12(9)17)19-14-6-5-11-10(14)3-2-4-16(11)20/h2-4,7-8,14,19-20H,5-6H2,1H3. The lowest BCUT2D eigenvalue weighted by Gasteiger charge is -2.17. The van der Waals surface area contributed by atoms with Crippen LogP contribution in [0.25, 0.3) is 0 Å². The van der Waals surface area contributed by atoms with Crippen molar-refractivity contribution in [2.24, 2.45) is 0 Å². The molecule has 104 valence electrons. The van der Waals surface area contributed by atoms with Crippen LogP contribution in [0.4, 0.5) is 5.69 Å². The molecule has 0 radical (unpaired) electrons. The van der Waals surface area contributed by atoms with Crippen LogP contribution in [0.3, 0.4) is 0 Å². The van der Waals surface area contributed by atoms with Crippen molar-refractivity contribution in [3.05, 3.63) is 57.1 Å². The van der Waals surface area contributed by atoms with E-state index >= 15 is 0 Å². The van der Waals surface area contributed by atoms with Crippen molar-refractivity contribution >= 4 is 28.9 Å². The topological polar surface area (TPSA) is 32.3 Å². The number of aryl methyl sites for hydroxylation is 1. The lowest BCUT2D eigenvalue weighted by atomic mass is 10.1. The van der Waals surface area contributed by atoms with Crippen LogP contribution in [0.2, 0.25) is 10.0 Å². The number of hydrogen-bond donors (Lipinski definition) is 2. The second-order valence-electron chi connectivity index (χ2n) is 5.16. The Kier molecular flexibility index (Phi) is 3.53. The average Bonchev–Trinajstić information content (AvgIpc) is 2.81. The average molecular weight is 308 g/mol. The van der Waals surface area contributed by atoms with Gasteiger partial charge in [-0.25, -0.2) is 0 Å². The minimum Gasteiger partial charge on any atom is -0.508 e. The number of benzene rings is 2. The number of rotatable bonds is 2. The van der Waals surface area contributed by atoms with Gasteiger partial charge in [-0.15, -0.1) is 0 Å². The highest BCUT2D eigenvalue weighted by atomic mass is 35.5. The van der Waals surface area contributed by atoms with Crippen molar-refractivity contribution < 1.29 is 5.11 Å². The maximum atomic E-state index is 9.88. The number of nitrogens with one attached hydrogen (secondary N) is 1. The summed E-state index contributed by atoms with van der Waals surface area (Å²) < 4.78 is 0. The first kappa shape index (κ1) is 13.6. The van der Waals surface area contributed by atoms with E-state index in [4.69, 9.17) is 23.2 Å². The maximum absolute atomic E-state index is 9.88. The summed E-state index contributed by atoms with van der Waals surface area (Å²) in [6.07, 6.45) is 1.81. The third kappa shape index (κ3) is 2.34. The van der Waals surface area contributed by atoms with E-state index in [1.54, 1.807) is 6.07 Å². The molecule has 2 nitrogen and oxygen atoms in total. The number of halogens is 2. The Morgan fingerprint density at radius 1 is 1.20 bits per heavy atom. The van der Waals surface area contributed by atoms with Crippen LogP contribution in [0.15, 0.2) is 30.3 Å².